The van der Waals surface area contributed by atoms with Gasteiger partial charge in [0.1, 0.15) is 35.5 Å². The lowest BCUT2D eigenvalue weighted by atomic mass is 10.1. The minimum atomic E-state index is -1.28. The highest BCUT2D eigenvalue weighted by molar-refractivity contribution is 7.71. The van der Waals surface area contributed by atoms with Crippen LogP contribution in [0.2, 0.25) is 0 Å². The number of hydrogen-bond donors (Lipinski definition) is 8. The van der Waals surface area contributed by atoms with Crippen LogP contribution in [0.3, 0.4) is 0 Å². The Labute approximate surface area is 187 Å². The zero-order valence-electron chi connectivity index (χ0n) is 17.1. The second-order valence-corrected chi connectivity index (χ2v) is 7.55. The van der Waals surface area contributed by atoms with E-state index in [0.717, 1.165) is 0 Å². The summed E-state index contributed by atoms with van der Waals surface area (Å²) in [6.45, 7) is 1.20. The van der Waals surface area contributed by atoms with Crippen molar-refractivity contribution in [3.8, 4) is 11.8 Å². The highest BCUT2D eigenvalue weighted by Crippen LogP contribution is 2.31. The molecule has 13 nitrogen and oxygen atoms in total. The molecule has 0 spiro atoms. The van der Waals surface area contributed by atoms with Crippen molar-refractivity contribution in [2.24, 2.45) is 5.73 Å². The van der Waals surface area contributed by atoms with Gasteiger partial charge in [-0.25, -0.2) is 9.97 Å². The molecule has 174 valence electrons. The minimum absolute atomic E-state index is 0.0570. The molecule has 0 bridgehead atoms. The summed E-state index contributed by atoms with van der Waals surface area (Å²) >= 11 is 5.27. The van der Waals surface area contributed by atoms with Crippen LogP contribution >= 0.6 is 12.2 Å². The molecule has 3 unspecified atom stereocenters. The third kappa shape index (κ3) is 5.05. The molecule has 0 aromatic carbocycles. The van der Waals surface area contributed by atoms with Gasteiger partial charge in [0.15, 0.2) is 10.9 Å². The van der Waals surface area contributed by atoms with Gasteiger partial charge in [0, 0.05) is 0 Å². The Morgan fingerprint density at radius 1 is 1.41 bits per heavy atom. The first-order valence-electron chi connectivity index (χ1n) is 9.74. The Kier molecular flexibility index (Phi) is 7.74. The molecule has 1 amide bonds. The second-order valence-electron chi connectivity index (χ2n) is 7.16. The summed E-state index contributed by atoms with van der Waals surface area (Å²) in [5.41, 5.74) is 6.28. The summed E-state index contributed by atoms with van der Waals surface area (Å²) < 4.78 is 7.20. The van der Waals surface area contributed by atoms with Gasteiger partial charge < -0.3 is 46.5 Å². The summed E-state index contributed by atoms with van der Waals surface area (Å²) in [6, 6.07) is -1.02. The first kappa shape index (κ1) is 24.0. The summed E-state index contributed by atoms with van der Waals surface area (Å²) in [6.07, 6.45) is -4.01. The third-order valence-corrected chi connectivity index (χ3v) is 5.17. The first-order chi connectivity index (χ1) is 15.2. The molecule has 1 fully saturated rings. The molecule has 9 N–H and O–H groups in total. The molecule has 0 radical (unpaired) electrons. The SMILES string of the molecule is CC(O)C(N)C(=O)NCC#CCNc1nc(=S)c2ncn([C@@H]3O[C@H](CO)C(O)[C@@H]3O)c2[nH]1. The molecular weight excluding hydrogens is 442 g/mol. The number of carbonyl (C=O) groups excluding carboxylic acids is 1. The van der Waals surface area contributed by atoms with E-state index in [-0.39, 0.29) is 23.7 Å². The maximum Gasteiger partial charge on any atom is 0.240 e. The van der Waals surface area contributed by atoms with Crippen molar-refractivity contribution in [3.05, 3.63) is 11.0 Å². The quantitative estimate of drug-likeness (QED) is 0.156. The number of aromatic amines is 1. The molecule has 1 aliphatic heterocycles. The van der Waals surface area contributed by atoms with Gasteiger partial charge in [-0.1, -0.05) is 24.1 Å². The fraction of sp³-hybridized carbons (Fsp3) is 0.556. The second kappa shape index (κ2) is 10.3. The van der Waals surface area contributed by atoms with E-state index in [1.807, 2.05) is 0 Å². The Bertz CT molecular complexity index is 1080. The number of rotatable bonds is 7. The van der Waals surface area contributed by atoms with Crippen molar-refractivity contribution in [1.82, 2.24) is 24.8 Å². The van der Waals surface area contributed by atoms with Crippen molar-refractivity contribution in [2.75, 3.05) is 25.0 Å². The fourth-order valence-electron chi connectivity index (χ4n) is 3.04. The van der Waals surface area contributed by atoms with Gasteiger partial charge in [-0.3, -0.25) is 9.36 Å². The van der Waals surface area contributed by atoms with E-state index in [1.165, 1.54) is 17.8 Å². The molecule has 1 saturated heterocycles. The van der Waals surface area contributed by atoms with E-state index < -0.39 is 49.2 Å². The van der Waals surface area contributed by atoms with E-state index in [0.29, 0.717) is 11.2 Å². The number of ether oxygens (including phenoxy) is 1. The van der Waals surface area contributed by atoms with Crippen LogP contribution in [-0.2, 0) is 9.53 Å². The number of nitrogens with one attached hydrogen (secondary N) is 3. The van der Waals surface area contributed by atoms with E-state index in [9.17, 15) is 25.2 Å². The van der Waals surface area contributed by atoms with Crippen LogP contribution < -0.4 is 16.4 Å². The average molecular weight is 468 g/mol. The number of imidazole rings is 1. The van der Waals surface area contributed by atoms with E-state index in [4.69, 9.17) is 22.7 Å². The lowest BCUT2D eigenvalue weighted by molar-refractivity contribution is -0.124. The monoisotopic (exact) mass is 467 g/mol. The molecule has 0 aliphatic carbocycles. The van der Waals surface area contributed by atoms with Gasteiger partial charge in [0.05, 0.1) is 32.1 Å². The molecule has 14 heteroatoms. The number of aromatic nitrogens is 4. The standard InChI is InChI=1S/C18H25N7O6S/c1-8(27)10(19)15(30)20-4-2-3-5-21-18-23-14-11(16(32)24-18)22-7-25(14)17-13(29)12(28)9(6-26)31-17/h7-10,12-13,17,26-29H,4-6,19H2,1H3,(H,20,30)(H2,21,23,24,32)/t8?,9-,10?,12?,13+,17-/m1/s1. The average Bonchev–Trinajstić information content (AvgIpc) is 3.31. The van der Waals surface area contributed by atoms with Gasteiger partial charge >= 0.3 is 0 Å². The smallest absolute Gasteiger partial charge is 0.240 e. The van der Waals surface area contributed by atoms with Crippen LogP contribution in [-0.4, -0.2) is 96.0 Å². The molecule has 0 saturated carbocycles. The predicted molar refractivity (Wildman–Crippen MR) is 115 cm³/mol. The first-order valence-corrected chi connectivity index (χ1v) is 10.2. The number of fused-ring (bicyclic) bond motifs is 1. The van der Waals surface area contributed by atoms with Crippen LogP contribution in [0.4, 0.5) is 5.95 Å². The van der Waals surface area contributed by atoms with Gasteiger partial charge in [0.2, 0.25) is 11.9 Å². The van der Waals surface area contributed by atoms with Crippen LogP contribution in [0.25, 0.3) is 11.2 Å². The van der Waals surface area contributed by atoms with Crippen LogP contribution in [0.1, 0.15) is 13.2 Å². The van der Waals surface area contributed by atoms with E-state index in [1.54, 1.807) is 0 Å². The summed E-state index contributed by atoms with van der Waals surface area (Å²) in [5, 5.41) is 44.3. The van der Waals surface area contributed by atoms with Gasteiger partial charge in [-0.05, 0) is 6.92 Å². The van der Waals surface area contributed by atoms with Crippen molar-refractivity contribution in [3.63, 3.8) is 0 Å². The van der Waals surface area contributed by atoms with Crippen molar-refractivity contribution < 1.29 is 30.0 Å². The molecule has 6 atom stereocenters. The van der Waals surface area contributed by atoms with Crippen molar-refractivity contribution in [2.45, 2.75) is 43.6 Å². The Morgan fingerprint density at radius 2 is 2.12 bits per heavy atom. The molecule has 2 aromatic rings. The summed E-state index contributed by atoms with van der Waals surface area (Å²) in [5.74, 6) is 5.31. The van der Waals surface area contributed by atoms with Gasteiger partial charge in [-0.15, -0.1) is 0 Å². The highest BCUT2D eigenvalue weighted by atomic mass is 32.1. The molecule has 1 aliphatic rings. The number of nitrogens with zero attached hydrogens (tertiary/aromatic N) is 3. The Morgan fingerprint density at radius 3 is 2.78 bits per heavy atom. The number of anilines is 1. The lowest BCUT2D eigenvalue weighted by Gasteiger charge is -2.17. The maximum atomic E-state index is 11.6. The molecule has 2 aromatic heterocycles. The third-order valence-electron chi connectivity index (χ3n) is 4.88. The Hall–Kier alpha value is -2.64. The largest absolute Gasteiger partial charge is 0.394 e. The van der Waals surface area contributed by atoms with Crippen molar-refractivity contribution in [1.29, 1.82) is 0 Å². The molecule has 3 heterocycles. The van der Waals surface area contributed by atoms with E-state index >= 15 is 0 Å². The van der Waals surface area contributed by atoms with Gasteiger partial charge in [0.25, 0.3) is 0 Å². The minimum Gasteiger partial charge on any atom is -0.394 e. The molecular formula is C18H25N7O6S. The topological polar surface area (TPSA) is 204 Å². The lowest BCUT2D eigenvalue weighted by Crippen LogP contribution is -2.47. The Balaban J connectivity index is 1.66. The number of aliphatic hydroxyl groups excluding tert-OH is 4. The number of nitrogens with two attached hydrogens (primary N) is 1. The molecule has 3 rings (SSSR count). The summed E-state index contributed by atoms with van der Waals surface area (Å²) in [7, 11) is 0. The zero-order valence-corrected chi connectivity index (χ0v) is 17.9. The van der Waals surface area contributed by atoms with E-state index in [2.05, 4.69) is 37.4 Å². The number of aliphatic hydroxyl groups is 4. The fourth-order valence-corrected chi connectivity index (χ4v) is 3.28. The van der Waals surface area contributed by atoms with Crippen LogP contribution in [0.5, 0.6) is 0 Å². The number of carbonyl (C=O) groups is 1. The number of H-pyrrole nitrogens is 1. The highest BCUT2D eigenvalue weighted by Gasteiger charge is 2.43. The van der Waals surface area contributed by atoms with Gasteiger partial charge in [-0.2, -0.15) is 0 Å². The normalized spacial score (nSPS) is 24.6. The van der Waals surface area contributed by atoms with Crippen LogP contribution in [0, 0.1) is 16.5 Å². The summed E-state index contributed by atoms with van der Waals surface area (Å²) in [4.78, 5) is 23.0. The number of hydrogen-bond acceptors (Lipinski definition) is 11. The predicted octanol–water partition coefficient (Wildman–Crippen LogP) is -2.66. The molecule has 32 heavy (non-hydrogen) atoms. The maximum absolute atomic E-state index is 11.6. The van der Waals surface area contributed by atoms with Crippen LogP contribution in [0.15, 0.2) is 6.33 Å². The number of amides is 1. The van der Waals surface area contributed by atoms with Crippen molar-refractivity contribution >= 4 is 35.2 Å². The zero-order chi connectivity index (χ0) is 23.4.